The van der Waals surface area contributed by atoms with Crippen molar-refractivity contribution in [3.63, 3.8) is 0 Å². The lowest BCUT2D eigenvalue weighted by Crippen LogP contribution is -2.33. The zero-order valence-electron chi connectivity index (χ0n) is 11.6. The van der Waals surface area contributed by atoms with Gasteiger partial charge in [0.2, 0.25) is 5.91 Å². The minimum Gasteiger partial charge on any atom is -0.395 e. The van der Waals surface area contributed by atoms with Crippen LogP contribution < -0.4 is 0 Å². The third-order valence-corrected chi connectivity index (χ3v) is 3.04. The summed E-state index contributed by atoms with van der Waals surface area (Å²) in [5.74, 6) is -0.106. The Kier molecular flexibility index (Phi) is 6.22. The number of likely N-dealkylation sites (N-methyl/N-ethyl adjacent to an activating group) is 1. The normalized spacial score (nSPS) is 10.3. The topological polar surface area (TPSA) is 57.6 Å². The van der Waals surface area contributed by atoms with Gasteiger partial charge in [-0.05, 0) is 13.8 Å². The van der Waals surface area contributed by atoms with Gasteiger partial charge in [-0.1, -0.05) is 29.8 Å². The van der Waals surface area contributed by atoms with Crippen LogP contribution in [0.15, 0.2) is 24.3 Å². The van der Waals surface area contributed by atoms with Gasteiger partial charge in [-0.3, -0.25) is 9.59 Å². The highest BCUT2D eigenvalue weighted by atomic mass is 16.3. The Hall–Kier alpha value is -1.68. The number of nitrogens with zero attached hydrogens (tertiary/aromatic N) is 1. The second-order valence-electron chi connectivity index (χ2n) is 4.49. The highest BCUT2D eigenvalue weighted by Crippen LogP contribution is 2.08. The second kappa shape index (κ2) is 7.69. The fourth-order valence-corrected chi connectivity index (χ4v) is 1.84. The van der Waals surface area contributed by atoms with Crippen LogP contribution in [0.3, 0.4) is 0 Å². The van der Waals surface area contributed by atoms with E-state index in [1.165, 1.54) is 0 Å². The third kappa shape index (κ3) is 4.83. The number of benzene rings is 1. The first-order valence-corrected chi connectivity index (χ1v) is 6.57. The maximum Gasteiger partial charge on any atom is 0.223 e. The van der Waals surface area contributed by atoms with E-state index in [2.05, 4.69) is 0 Å². The van der Waals surface area contributed by atoms with E-state index in [9.17, 15) is 9.59 Å². The quantitative estimate of drug-likeness (QED) is 0.763. The Balaban J connectivity index is 2.49. The molecule has 0 aliphatic carbocycles. The van der Waals surface area contributed by atoms with Gasteiger partial charge in [0, 0.05) is 31.5 Å². The summed E-state index contributed by atoms with van der Waals surface area (Å²) in [7, 11) is 0. The maximum atomic E-state index is 11.9. The number of carbonyl (C=O) groups is 2. The molecule has 0 atom stereocenters. The number of Topliss-reactive ketones (excluding diaryl/α,β-unsaturated/α-hetero) is 1. The van der Waals surface area contributed by atoms with Gasteiger partial charge >= 0.3 is 0 Å². The molecule has 0 aliphatic rings. The number of amides is 1. The smallest absolute Gasteiger partial charge is 0.223 e. The van der Waals surface area contributed by atoms with Crippen molar-refractivity contribution in [1.29, 1.82) is 0 Å². The first-order chi connectivity index (χ1) is 9.08. The Bertz CT molecular complexity index is 426. The molecule has 0 heterocycles. The largest absolute Gasteiger partial charge is 0.395 e. The average Bonchev–Trinajstić information content (AvgIpc) is 2.42. The highest BCUT2D eigenvalue weighted by Gasteiger charge is 2.13. The zero-order chi connectivity index (χ0) is 14.3. The molecule has 0 aliphatic heterocycles. The molecular weight excluding hydrogens is 242 g/mol. The van der Waals surface area contributed by atoms with E-state index in [1.807, 2.05) is 26.0 Å². The molecule has 104 valence electrons. The summed E-state index contributed by atoms with van der Waals surface area (Å²) in [6.45, 7) is 4.65. The number of aliphatic hydroxyl groups excluding tert-OH is 1. The Morgan fingerprint density at radius 1 is 1.16 bits per heavy atom. The molecule has 0 saturated heterocycles. The van der Waals surface area contributed by atoms with E-state index in [0.29, 0.717) is 18.7 Å². The van der Waals surface area contributed by atoms with E-state index in [-0.39, 0.29) is 31.1 Å². The van der Waals surface area contributed by atoms with Crippen LogP contribution in [0.4, 0.5) is 0 Å². The standard InChI is InChI=1S/C15H21NO3/c1-3-16(10-11-17)15(19)9-8-14(18)13-6-4-12(2)5-7-13/h4-7,17H,3,8-11H2,1-2H3. The van der Waals surface area contributed by atoms with Crippen LogP contribution >= 0.6 is 0 Å². The molecule has 0 aromatic heterocycles. The van der Waals surface area contributed by atoms with E-state index >= 15 is 0 Å². The van der Waals surface area contributed by atoms with Crippen LogP contribution in [0, 0.1) is 6.92 Å². The molecule has 0 bridgehead atoms. The van der Waals surface area contributed by atoms with E-state index in [0.717, 1.165) is 5.56 Å². The molecule has 4 nitrogen and oxygen atoms in total. The van der Waals surface area contributed by atoms with Crippen molar-refractivity contribution in [2.24, 2.45) is 0 Å². The van der Waals surface area contributed by atoms with E-state index in [1.54, 1.807) is 17.0 Å². The Morgan fingerprint density at radius 3 is 2.32 bits per heavy atom. The second-order valence-corrected chi connectivity index (χ2v) is 4.49. The molecule has 1 aromatic rings. The Labute approximate surface area is 114 Å². The lowest BCUT2D eigenvalue weighted by molar-refractivity contribution is -0.131. The highest BCUT2D eigenvalue weighted by molar-refractivity contribution is 5.97. The predicted octanol–water partition coefficient (Wildman–Crippen LogP) is 1.80. The zero-order valence-corrected chi connectivity index (χ0v) is 11.6. The summed E-state index contributed by atoms with van der Waals surface area (Å²) in [5.41, 5.74) is 1.75. The molecule has 0 saturated carbocycles. The fourth-order valence-electron chi connectivity index (χ4n) is 1.84. The van der Waals surface area contributed by atoms with Crippen molar-refractivity contribution in [3.05, 3.63) is 35.4 Å². The van der Waals surface area contributed by atoms with Crippen molar-refractivity contribution in [2.75, 3.05) is 19.7 Å². The van der Waals surface area contributed by atoms with Crippen LogP contribution in [0.1, 0.15) is 35.7 Å². The van der Waals surface area contributed by atoms with E-state index < -0.39 is 0 Å². The molecule has 0 spiro atoms. The van der Waals surface area contributed by atoms with Gasteiger partial charge in [0.05, 0.1) is 6.61 Å². The molecule has 19 heavy (non-hydrogen) atoms. The van der Waals surface area contributed by atoms with Gasteiger partial charge in [-0.2, -0.15) is 0 Å². The van der Waals surface area contributed by atoms with Crippen molar-refractivity contribution in [2.45, 2.75) is 26.7 Å². The Morgan fingerprint density at radius 2 is 1.79 bits per heavy atom. The number of hydrogen-bond donors (Lipinski definition) is 1. The molecule has 4 heteroatoms. The van der Waals surface area contributed by atoms with Gasteiger partial charge in [0.15, 0.2) is 5.78 Å². The van der Waals surface area contributed by atoms with Gasteiger partial charge in [0.25, 0.3) is 0 Å². The number of rotatable bonds is 7. The summed E-state index contributed by atoms with van der Waals surface area (Å²) < 4.78 is 0. The van der Waals surface area contributed by atoms with Crippen LogP contribution in [0.2, 0.25) is 0 Å². The van der Waals surface area contributed by atoms with Gasteiger partial charge in [0.1, 0.15) is 0 Å². The fraction of sp³-hybridized carbons (Fsp3) is 0.467. The van der Waals surface area contributed by atoms with Crippen LogP contribution in [0.5, 0.6) is 0 Å². The van der Waals surface area contributed by atoms with Gasteiger partial charge in [-0.15, -0.1) is 0 Å². The lowest BCUT2D eigenvalue weighted by atomic mass is 10.0. The molecule has 1 rings (SSSR count). The van der Waals surface area contributed by atoms with Crippen LogP contribution in [0.25, 0.3) is 0 Å². The summed E-state index contributed by atoms with van der Waals surface area (Å²) in [6, 6.07) is 7.35. The minimum absolute atomic E-state index is 0.0200. The summed E-state index contributed by atoms with van der Waals surface area (Å²) in [5, 5.41) is 8.84. The van der Waals surface area contributed by atoms with Crippen molar-refractivity contribution in [1.82, 2.24) is 4.90 Å². The number of aliphatic hydroxyl groups is 1. The molecule has 1 N–H and O–H groups in total. The summed E-state index contributed by atoms with van der Waals surface area (Å²) in [4.78, 5) is 25.3. The average molecular weight is 263 g/mol. The number of carbonyl (C=O) groups excluding carboxylic acids is 2. The van der Waals surface area contributed by atoms with Crippen LogP contribution in [-0.2, 0) is 4.79 Å². The first-order valence-electron chi connectivity index (χ1n) is 6.57. The SMILES string of the molecule is CCN(CCO)C(=O)CCC(=O)c1ccc(C)cc1. The summed E-state index contributed by atoms with van der Waals surface area (Å²) >= 11 is 0. The predicted molar refractivity (Wildman–Crippen MR) is 74.1 cm³/mol. The maximum absolute atomic E-state index is 11.9. The molecule has 0 fully saturated rings. The number of hydrogen-bond acceptors (Lipinski definition) is 3. The molecule has 0 radical (unpaired) electrons. The van der Waals surface area contributed by atoms with Crippen molar-refractivity contribution >= 4 is 11.7 Å². The molecule has 1 amide bonds. The van der Waals surface area contributed by atoms with Gasteiger partial charge < -0.3 is 10.0 Å². The summed E-state index contributed by atoms with van der Waals surface area (Å²) in [6.07, 6.45) is 0.407. The molecular formula is C15H21NO3. The first kappa shape index (κ1) is 15.4. The molecule has 1 aromatic carbocycles. The number of ketones is 1. The minimum atomic E-state index is -0.0861. The lowest BCUT2D eigenvalue weighted by Gasteiger charge is -2.19. The monoisotopic (exact) mass is 263 g/mol. The van der Waals surface area contributed by atoms with Gasteiger partial charge in [-0.25, -0.2) is 0 Å². The third-order valence-electron chi connectivity index (χ3n) is 3.04. The van der Waals surface area contributed by atoms with Crippen molar-refractivity contribution in [3.8, 4) is 0 Å². The van der Waals surface area contributed by atoms with Crippen molar-refractivity contribution < 1.29 is 14.7 Å². The van der Waals surface area contributed by atoms with Crippen LogP contribution in [-0.4, -0.2) is 41.4 Å². The molecule has 0 unspecified atom stereocenters. The van der Waals surface area contributed by atoms with E-state index in [4.69, 9.17) is 5.11 Å². The number of aryl methyl sites for hydroxylation is 1.